The molecular formula is C16H20N2O6. The molecule has 1 aliphatic rings. The van der Waals surface area contributed by atoms with E-state index in [9.17, 15) is 14.4 Å². The van der Waals surface area contributed by atoms with Gasteiger partial charge in [0.25, 0.3) is 5.91 Å². The predicted octanol–water partition coefficient (Wildman–Crippen LogP) is 1.24. The van der Waals surface area contributed by atoms with Crippen LogP contribution in [0, 0.1) is 0 Å². The molecule has 1 aromatic rings. The van der Waals surface area contributed by atoms with Crippen molar-refractivity contribution in [2.75, 3.05) is 26.4 Å². The molecule has 130 valence electrons. The summed E-state index contributed by atoms with van der Waals surface area (Å²) in [7, 11) is 0. The van der Waals surface area contributed by atoms with Crippen molar-refractivity contribution in [3.05, 3.63) is 23.8 Å². The first kappa shape index (κ1) is 17.6. The minimum absolute atomic E-state index is 0.236. The van der Waals surface area contributed by atoms with Gasteiger partial charge in [-0.3, -0.25) is 10.1 Å². The topological polar surface area (TPSA) is 103 Å². The summed E-state index contributed by atoms with van der Waals surface area (Å²) in [6.45, 7) is 2.78. The zero-order valence-corrected chi connectivity index (χ0v) is 13.4. The van der Waals surface area contributed by atoms with Crippen LogP contribution in [0.5, 0.6) is 11.5 Å². The average Bonchev–Trinajstić information content (AvgIpc) is 2.59. The van der Waals surface area contributed by atoms with E-state index < -0.39 is 24.5 Å². The van der Waals surface area contributed by atoms with Crippen molar-refractivity contribution in [2.24, 2.45) is 0 Å². The van der Waals surface area contributed by atoms with Crippen LogP contribution in [-0.4, -0.2) is 44.3 Å². The first-order valence-corrected chi connectivity index (χ1v) is 7.74. The number of carbonyl (C=O) groups is 3. The second kappa shape index (κ2) is 8.76. The van der Waals surface area contributed by atoms with E-state index in [0.29, 0.717) is 31.3 Å². The molecule has 0 saturated heterocycles. The van der Waals surface area contributed by atoms with Gasteiger partial charge in [0.05, 0.1) is 5.56 Å². The lowest BCUT2D eigenvalue weighted by atomic mass is 10.2. The molecule has 1 heterocycles. The molecule has 0 aliphatic carbocycles. The van der Waals surface area contributed by atoms with E-state index >= 15 is 0 Å². The number of urea groups is 1. The first-order valence-electron chi connectivity index (χ1n) is 7.74. The van der Waals surface area contributed by atoms with Gasteiger partial charge in [-0.05, 0) is 24.6 Å². The molecule has 0 bridgehead atoms. The van der Waals surface area contributed by atoms with Gasteiger partial charge in [-0.1, -0.05) is 13.3 Å². The molecule has 8 nitrogen and oxygen atoms in total. The Kier molecular flexibility index (Phi) is 6.41. The maximum Gasteiger partial charge on any atom is 0.338 e. The number of rotatable bonds is 6. The highest BCUT2D eigenvalue weighted by atomic mass is 16.6. The van der Waals surface area contributed by atoms with Gasteiger partial charge >= 0.3 is 12.0 Å². The van der Waals surface area contributed by atoms with Gasteiger partial charge in [0.2, 0.25) is 0 Å². The van der Waals surface area contributed by atoms with E-state index in [-0.39, 0.29) is 5.56 Å². The Morgan fingerprint density at radius 3 is 2.67 bits per heavy atom. The molecule has 1 aromatic carbocycles. The van der Waals surface area contributed by atoms with Gasteiger partial charge in [0.15, 0.2) is 18.1 Å². The van der Waals surface area contributed by atoms with Gasteiger partial charge in [-0.2, -0.15) is 0 Å². The average molecular weight is 336 g/mol. The SMILES string of the molecule is CCCCNC(=O)NC(=O)COC(=O)c1ccc2c(c1)OCCO2. The highest BCUT2D eigenvalue weighted by molar-refractivity contribution is 5.97. The normalized spacial score (nSPS) is 12.2. The fraction of sp³-hybridized carbons (Fsp3) is 0.438. The van der Waals surface area contributed by atoms with Crippen molar-refractivity contribution in [2.45, 2.75) is 19.8 Å². The zero-order chi connectivity index (χ0) is 17.4. The molecule has 2 rings (SSSR count). The summed E-state index contributed by atoms with van der Waals surface area (Å²) in [5.74, 6) is -0.377. The van der Waals surface area contributed by atoms with Crippen molar-refractivity contribution in [3.63, 3.8) is 0 Å². The fourth-order valence-corrected chi connectivity index (χ4v) is 1.97. The van der Waals surface area contributed by atoms with E-state index in [4.69, 9.17) is 14.2 Å². The lowest BCUT2D eigenvalue weighted by Gasteiger charge is -2.18. The van der Waals surface area contributed by atoms with E-state index in [1.54, 1.807) is 6.07 Å². The second-order valence-corrected chi connectivity index (χ2v) is 5.09. The van der Waals surface area contributed by atoms with Crippen molar-refractivity contribution >= 4 is 17.9 Å². The molecule has 1 aliphatic heterocycles. The van der Waals surface area contributed by atoms with Crippen LogP contribution in [-0.2, 0) is 9.53 Å². The molecule has 0 atom stereocenters. The first-order chi connectivity index (χ1) is 11.6. The Bertz CT molecular complexity index is 617. The lowest BCUT2D eigenvalue weighted by Crippen LogP contribution is -2.41. The highest BCUT2D eigenvalue weighted by Crippen LogP contribution is 2.30. The highest BCUT2D eigenvalue weighted by Gasteiger charge is 2.17. The number of esters is 1. The van der Waals surface area contributed by atoms with Gasteiger partial charge in [-0.25, -0.2) is 9.59 Å². The largest absolute Gasteiger partial charge is 0.486 e. The van der Waals surface area contributed by atoms with Crippen molar-refractivity contribution in [1.82, 2.24) is 10.6 Å². The van der Waals surface area contributed by atoms with Crippen molar-refractivity contribution < 1.29 is 28.6 Å². The van der Waals surface area contributed by atoms with Crippen LogP contribution in [0.1, 0.15) is 30.1 Å². The quantitative estimate of drug-likeness (QED) is 0.598. The summed E-state index contributed by atoms with van der Waals surface area (Å²) in [5, 5.41) is 4.61. The van der Waals surface area contributed by atoms with E-state index in [2.05, 4.69) is 10.6 Å². The number of hydrogen-bond acceptors (Lipinski definition) is 6. The summed E-state index contributed by atoms with van der Waals surface area (Å²) < 4.78 is 15.6. The summed E-state index contributed by atoms with van der Waals surface area (Å²) >= 11 is 0. The molecule has 0 unspecified atom stereocenters. The molecule has 0 radical (unpaired) electrons. The second-order valence-electron chi connectivity index (χ2n) is 5.09. The number of benzene rings is 1. The molecule has 8 heteroatoms. The Morgan fingerprint density at radius 1 is 1.17 bits per heavy atom. The van der Waals surface area contributed by atoms with Crippen LogP contribution in [0.25, 0.3) is 0 Å². The Morgan fingerprint density at radius 2 is 1.92 bits per heavy atom. The van der Waals surface area contributed by atoms with Gasteiger partial charge in [0, 0.05) is 6.54 Å². The van der Waals surface area contributed by atoms with Crippen LogP contribution in [0.4, 0.5) is 4.79 Å². The third-order valence-corrected chi connectivity index (χ3v) is 3.18. The lowest BCUT2D eigenvalue weighted by molar-refractivity contribution is -0.123. The van der Waals surface area contributed by atoms with Crippen molar-refractivity contribution in [1.29, 1.82) is 0 Å². The van der Waals surface area contributed by atoms with Gasteiger partial charge < -0.3 is 19.5 Å². The molecular weight excluding hydrogens is 316 g/mol. The van der Waals surface area contributed by atoms with Crippen LogP contribution in [0.3, 0.4) is 0 Å². The summed E-state index contributed by atoms with van der Waals surface area (Å²) in [6.07, 6.45) is 1.75. The Labute approximate surface area is 139 Å². The molecule has 24 heavy (non-hydrogen) atoms. The third kappa shape index (κ3) is 5.15. The Hall–Kier alpha value is -2.77. The van der Waals surface area contributed by atoms with Crippen LogP contribution >= 0.6 is 0 Å². The zero-order valence-electron chi connectivity index (χ0n) is 13.4. The summed E-state index contributed by atoms with van der Waals surface area (Å²) in [4.78, 5) is 34.9. The van der Waals surface area contributed by atoms with Crippen LogP contribution < -0.4 is 20.1 Å². The maximum absolute atomic E-state index is 11.9. The van der Waals surface area contributed by atoms with Gasteiger partial charge in [0.1, 0.15) is 13.2 Å². The van der Waals surface area contributed by atoms with E-state index in [1.165, 1.54) is 12.1 Å². The summed E-state index contributed by atoms with van der Waals surface area (Å²) in [5.41, 5.74) is 0.236. The standard InChI is InChI=1S/C16H20N2O6/c1-2-3-6-17-16(21)18-14(19)10-24-15(20)11-4-5-12-13(9-11)23-8-7-22-12/h4-5,9H,2-3,6-8,10H2,1H3,(H2,17,18,19,21). The smallest absolute Gasteiger partial charge is 0.338 e. The fourth-order valence-electron chi connectivity index (χ4n) is 1.97. The molecule has 0 saturated carbocycles. The van der Waals surface area contributed by atoms with E-state index in [1.807, 2.05) is 6.92 Å². The number of hydrogen-bond donors (Lipinski definition) is 2. The summed E-state index contributed by atoms with van der Waals surface area (Å²) in [6, 6.07) is 4.01. The predicted molar refractivity (Wildman–Crippen MR) is 84.2 cm³/mol. The molecule has 0 fully saturated rings. The molecule has 0 aromatic heterocycles. The number of carbonyl (C=O) groups excluding carboxylic acids is 3. The van der Waals surface area contributed by atoms with E-state index in [0.717, 1.165) is 12.8 Å². The number of ether oxygens (including phenoxy) is 3. The maximum atomic E-state index is 11.9. The number of imide groups is 1. The van der Waals surface area contributed by atoms with Crippen LogP contribution in [0.2, 0.25) is 0 Å². The number of unbranched alkanes of at least 4 members (excludes halogenated alkanes) is 1. The number of amides is 3. The molecule has 3 amide bonds. The van der Waals surface area contributed by atoms with Crippen LogP contribution in [0.15, 0.2) is 18.2 Å². The molecule has 2 N–H and O–H groups in total. The number of fused-ring (bicyclic) bond motifs is 1. The monoisotopic (exact) mass is 336 g/mol. The van der Waals surface area contributed by atoms with Gasteiger partial charge in [-0.15, -0.1) is 0 Å². The Balaban J connectivity index is 1.78. The minimum Gasteiger partial charge on any atom is -0.486 e. The molecule has 0 spiro atoms. The third-order valence-electron chi connectivity index (χ3n) is 3.18. The number of nitrogens with one attached hydrogen (secondary N) is 2. The van der Waals surface area contributed by atoms with Crippen molar-refractivity contribution in [3.8, 4) is 11.5 Å². The minimum atomic E-state index is -0.699.